The molecule has 33 heavy (non-hydrogen) atoms. The van der Waals surface area contributed by atoms with Gasteiger partial charge in [0, 0.05) is 32.0 Å². The second kappa shape index (κ2) is 11.5. The number of nitrogens with one attached hydrogen (secondary N) is 1. The molecule has 0 fully saturated rings. The van der Waals surface area contributed by atoms with Gasteiger partial charge in [-0.05, 0) is 28.7 Å². The fourth-order valence-corrected chi connectivity index (χ4v) is 4.24. The van der Waals surface area contributed by atoms with E-state index >= 15 is 0 Å². The first-order valence-corrected chi connectivity index (χ1v) is 11.5. The normalized spacial score (nSPS) is 13.0. The number of carbonyl (C=O) groups excluding carboxylic acids is 2. The summed E-state index contributed by atoms with van der Waals surface area (Å²) in [6, 6.07) is 15.9. The van der Waals surface area contributed by atoms with E-state index < -0.39 is 12.1 Å². The Labute approximate surface area is 194 Å². The van der Waals surface area contributed by atoms with E-state index in [1.165, 1.54) is 4.90 Å². The van der Waals surface area contributed by atoms with E-state index in [9.17, 15) is 14.4 Å². The second-order valence-corrected chi connectivity index (χ2v) is 8.47. The number of nitrogens with zero attached hydrogens (tertiary/aromatic N) is 1. The topological polar surface area (TPSA) is 95.9 Å². The molecule has 2 aromatic carbocycles. The van der Waals surface area contributed by atoms with Crippen LogP contribution in [0.2, 0.25) is 0 Å². The van der Waals surface area contributed by atoms with Crippen molar-refractivity contribution >= 4 is 18.0 Å². The van der Waals surface area contributed by atoms with Crippen molar-refractivity contribution < 1.29 is 24.2 Å². The quantitative estimate of drug-likeness (QED) is 0.527. The smallest absolute Gasteiger partial charge is 0.407 e. The van der Waals surface area contributed by atoms with Gasteiger partial charge in [-0.3, -0.25) is 9.59 Å². The summed E-state index contributed by atoms with van der Waals surface area (Å²) in [5.74, 6) is -1.17. The number of fused-ring (bicyclic) bond motifs is 3. The van der Waals surface area contributed by atoms with Crippen LogP contribution in [0, 0.1) is 0 Å². The van der Waals surface area contributed by atoms with Gasteiger partial charge in [0.2, 0.25) is 5.91 Å². The summed E-state index contributed by atoms with van der Waals surface area (Å²) in [5.41, 5.74) is 4.62. The van der Waals surface area contributed by atoms with Crippen LogP contribution in [-0.4, -0.2) is 54.2 Å². The van der Waals surface area contributed by atoms with Crippen LogP contribution in [0.4, 0.5) is 4.79 Å². The minimum absolute atomic E-state index is 0.0268. The molecule has 7 nitrogen and oxygen atoms in total. The SMILES string of the molecule is CCCC[C@H](CC(=O)N(C)CCC(=O)O)NC(=O)OCC1c2ccccc2-c2ccccc21. The van der Waals surface area contributed by atoms with Crippen LogP contribution in [0.3, 0.4) is 0 Å². The molecule has 0 radical (unpaired) electrons. The number of carbonyl (C=O) groups is 3. The van der Waals surface area contributed by atoms with Crippen LogP contribution < -0.4 is 5.32 Å². The van der Waals surface area contributed by atoms with Crippen LogP contribution in [-0.2, 0) is 14.3 Å². The molecule has 7 heteroatoms. The zero-order valence-electron chi connectivity index (χ0n) is 19.3. The fourth-order valence-electron chi connectivity index (χ4n) is 4.24. The first-order valence-electron chi connectivity index (χ1n) is 11.5. The van der Waals surface area contributed by atoms with Gasteiger partial charge in [0.15, 0.2) is 0 Å². The van der Waals surface area contributed by atoms with Crippen molar-refractivity contribution in [2.24, 2.45) is 0 Å². The number of rotatable bonds is 11. The number of alkyl carbamates (subject to hydrolysis) is 1. The highest BCUT2D eigenvalue weighted by Gasteiger charge is 2.29. The van der Waals surface area contributed by atoms with Gasteiger partial charge in [0.1, 0.15) is 6.61 Å². The van der Waals surface area contributed by atoms with E-state index in [-0.39, 0.29) is 43.9 Å². The number of hydrogen-bond acceptors (Lipinski definition) is 4. The summed E-state index contributed by atoms with van der Waals surface area (Å²) in [6.45, 7) is 2.40. The molecule has 0 saturated heterocycles. The molecule has 0 heterocycles. The van der Waals surface area contributed by atoms with Gasteiger partial charge in [0.25, 0.3) is 0 Å². The van der Waals surface area contributed by atoms with Gasteiger partial charge in [0.05, 0.1) is 6.42 Å². The molecular weight excluding hydrogens is 420 g/mol. The average molecular weight is 453 g/mol. The fraction of sp³-hybridized carbons (Fsp3) is 0.423. The Morgan fingerprint density at radius 1 is 1.06 bits per heavy atom. The highest BCUT2D eigenvalue weighted by molar-refractivity contribution is 5.80. The van der Waals surface area contributed by atoms with Crippen molar-refractivity contribution in [1.29, 1.82) is 0 Å². The molecule has 0 saturated carbocycles. The zero-order valence-corrected chi connectivity index (χ0v) is 19.3. The molecule has 1 aliphatic rings. The predicted octanol–water partition coefficient (Wildman–Crippen LogP) is 4.41. The number of unbranched alkanes of at least 4 members (excludes halogenated alkanes) is 1. The molecule has 3 rings (SSSR count). The molecule has 2 N–H and O–H groups in total. The molecule has 176 valence electrons. The molecule has 1 aliphatic carbocycles. The lowest BCUT2D eigenvalue weighted by atomic mass is 9.98. The summed E-state index contributed by atoms with van der Waals surface area (Å²) in [4.78, 5) is 37.3. The van der Waals surface area contributed by atoms with Gasteiger partial charge in [-0.15, -0.1) is 0 Å². The largest absolute Gasteiger partial charge is 0.481 e. The molecule has 0 aliphatic heterocycles. The lowest BCUT2D eigenvalue weighted by Gasteiger charge is -2.22. The molecule has 2 amide bonds. The number of hydrogen-bond donors (Lipinski definition) is 2. The summed E-state index contributed by atoms with van der Waals surface area (Å²) >= 11 is 0. The predicted molar refractivity (Wildman–Crippen MR) is 126 cm³/mol. The molecule has 0 bridgehead atoms. The minimum Gasteiger partial charge on any atom is -0.481 e. The van der Waals surface area contributed by atoms with Crippen LogP contribution in [0.15, 0.2) is 48.5 Å². The van der Waals surface area contributed by atoms with Crippen LogP contribution in [0.25, 0.3) is 11.1 Å². The maximum atomic E-state index is 12.6. The number of amides is 2. The Kier molecular flexibility index (Phi) is 8.46. The summed E-state index contributed by atoms with van der Waals surface area (Å²) in [6.07, 6.45) is 1.91. The van der Waals surface area contributed by atoms with E-state index in [1.807, 2.05) is 31.2 Å². The monoisotopic (exact) mass is 452 g/mol. The Morgan fingerprint density at radius 2 is 1.67 bits per heavy atom. The van der Waals surface area contributed by atoms with E-state index in [1.54, 1.807) is 7.05 Å². The highest BCUT2D eigenvalue weighted by atomic mass is 16.5. The standard InChI is InChI=1S/C26H32N2O5/c1-3-4-9-18(16-24(29)28(2)15-14-25(30)31)27-26(32)33-17-23-21-12-7-5-10-19(21)20-11-6-8-13-22(20)23/h5-8,10-13,18,23H,3-4,9,14-17H2,1-2H3,(H,27,32)(H,30,31)/t18-/m1/s1. The first-order chi connectivity index (χ1) is 15.9. The van der Waals surface area contributed by atoms with Crippen LogP contribution in [0.1, 0.15) is 56.1 Å². The third-order valence-electron chi connectivity index (χ3n) is 6.08. The van der Waals surface area contributed by atoms with E-state index in [4.69, 9.17) is 9.84 Å². The molecular formula is C26H32N2O5. The lowest BCUT2D eigenvalue weighted by molar-refractivity contribution is -0.138. The van der Waals surface area contributed by atoms with Gasteiger partial charge in [-0.25, -0.2) is 4.79 Å². The van der Waals surface area contributed by atoms with Crippen molar-refractivity contribution in [1.82, 2.24) is 10.2 Å². The molecule has 0 spiro atoms. The van der Waals surface area contributed by atoms with E-state index in [2.05, 4.69) is 29.6 Å². The molecule has 1 atom stereocenters. The number of benzene rings is 2. The Morgan fingerprint density at radius 3 is 2.24 bits per heavy atom. The number of ether oxygens (including phenoxy) is 1. The maximum Gasteiger partial charge on any atom is 0.407 e. The number of carboxylic acids is 1. The minimum atomic E-state index is -0.950. The van der Waals surface area contributed by atoms with Crippen LogP contribution in [0.5, 0.6) is 0 Å². The van der Waals surface area contributed by atoms with Crippen molar-refractivity contribution in [2.45, 2.75) is 51.0 Å². The van der Waals surface area contributed by atoms with Gasteiger partial charge in [-0.2, -0.15) is 0 Å². The van der Waals surface area contributed by atoms with E-state index in [0.717, 1.165) is 35.1 Å². The maximum absolute atomic E-state index is 12.6. The number of carboxylic acid groups (broad SMARTS) is 1. The Bertz CT molecular complexity index is 945. The number of aliphatic carboxylic acids is 1. The van der Waals surface area contributed by atoms with Gasteiger partial charge >= 0.3 is 12.1 Å². The van der Waals surface area contributed by atoms with Crippen molar-refractivity contribution in [3.05, 3.63) is 59.7 Å². The summed E-state index contributed by atoms with van der Waals surface area (Å²) in [5, 5.41) is 11.7. The zero-order chi connectivity index (χ0) is 23.8. The third-order valence-corrected chi connectivity index (χ3v) is 6.08. The van der Waals surface area contributed by atoms with E-state index in [0.29, 0.717) is 6.42 Å². The van der Waals surface area contributed by atoms with Crippen molar-refractivity contribution in [3.63, 3.8) is 0 Å². The van der Waals surface area contributed by atoms with Crippen molar-refractivity contribution in [2.75, 3.05) is 20.2 Å². The van der Waals surface area contributed by atoms with Gasteiger partial charge in [-0.1, -0.05) is 68.3 Å². The van der Waals surface area contributed by atoms with Crippen molar-refractivity contribution in [3.8, 4) is 11.1 Å². The average Bonchev–Trinajstić information content (AvgIpc) is 3.13. The molecule has 2 aromatic rings. The van der Waals surface area contributed by atoms with Crippen LogP contribution >= 0.6 is 0 Å². The third kappa shape index (κ3) is 6.34. The summed E-state index contributed by atoms with van der Waals surface area (Å²) < 4.78 is 5.62. The highest BCUT2D eigenvalue weighted by Crippen LogP contribution is 2.44. The molecule has 0 unspecified atom stereocenters. The first kappa shape index (κ1) is 24.3. The molecule has 0 aromatic heterocycles. The Hall–Kier alpha value is -3.35. The second-order valence-electron chi connectivity index (χ2n) is 8.47. The summed E-state index contributed by atoms with van der Waals surface area (Å²) in [7, 11) is 1.58. The Balaban J connectivity index is 1.59. The lowest BCUT2D eigenvalue weighted by Crippen LogP contribution is -2.40. The van der Waals surface area contributed by atoms with Gasteiger partial charge < -0.3 is 20.1 Å².